The van der Waals surface area contributed by atoms with E-state index in [2.05, 4.69) is 66.5 Å². The van der Waals surface area contributed by atoms with Gasteiger partial charge in [0, 0.05) is 38.3 Å². The topological polar surface area (TPSA) is 18.5 Å². The Morgan fingerprint density at radius 1 is 1.16 bits per heavy atom. The highest BCUT2D eigenvalue weighted by Crippen LogP contribution is 2.25. The van der Waals surface area contributed by atoms with Crippen LogP contribution < -0.4 is 5.32 Å². The molecule has 1 saturated heterocycles. The summed E-state index contributed by atoms with van der Waals surface area (Å²) in [7, 11) is 4.37. The summed E-state index contributed by atoms with van der Waals surface area (Å²) >= 11 is 0. The summed E-state index contributed by atoms with van der Waals surface area (Å²) in [6.07, 6.45) is 1.19. The molecule has 0 amide bonds. The Kier molecular flexibility index (Phi) is 5.37. The molecule has 0 bridgehead atoms. The third-order valence-corrected chi connectivity index (χ3v) is 4.15. The molecule has 1 aromatic rings. The third-order valence-electron chi connectivity index (χ3n) is 4.15. The van der Waals surface area contributed by atoms with Crippen molar-refractivity contribution in [3.63, 3.8) is 0 Å². The first-order chi connectivity index (χ1) is 9.18. The van der Waals surface area contributed by atoms with Crippen molar-refractivity contribution in [2.24, 2.45) is 0 Å². The first-order valence-corrected chi connectivity index (χ1v) is 7.34. The van der Waals surface area contributed by atoms with Crippen molar-refractivity contribution < 1.29 is 0 Å². The highest BCUT2D eigenvalue weighted by Gasteiger charge is 2.22. The number of nitrogens with one attached hydrogen (secondary N) is 1. The molecule has 1 fully saturated rings. The van der Waals surface area contributed by atoms with Crippen LogP contribution in [0.2, 0.25) is 0 Å². The monoisotopic (exact) mass is 261 g/mol. The van der Waals surface area contributed by atoms with Crippen LogP contribution in [0.1, 0.15) is 24.9 Å². The standard InChI is InChI=1S/C16H27N3/c1-14(19-11-9-17-10-12-19)13-16(18(2)3)15-7-5-4-6-8-15/h4-8,14,16-17H,9-13H2,1-3H3. The number of rotatable bonds is 5. The van der Waals surface area contributed by atoms with E-state index in [0.717, 1.165) is 13.1 Å². The van der Waals surface area contributed by atoms with Crippen LogP contribution in [-0.4, -0.2) is 56.1 Å². The lowest BCUT2D eigenvalue weighted by Crippen LogP contribution is -2.48. The molecule has 0 spiro atoms. The lowest BCUT2D eigenvalue weighted by molar-refractivity contribution is 0.144. The second-order valence-corrected chi connectivity index (χ2v) is 5.76. The Hall–Kier alpha value is -0.900. The molecule has 2 unspecified atom stereocenters. The van der Waals surface area contributed by atoms with E-state index in [1.807, 2.05) is 0 Å². The van der Waals surface area contributed by atoms with Gasteiger partial charge in [0.2, 0.25) is 0 Å². The summed E-state index contributed by atoms with van der Waals surface area (Å²) in [6, 6.07) is 12.0. The van der Waals surface area contributed by atoms with Crippen LogP contribution in [0.4, 0.5) is 0 Å². The van der Waals surface area contributed by atoms with E-state index >= 15 is 0 Å². The predicted octanol–water partition coefficient (Wildman–Crippen LogP) is 1.97. The van der Waals surface area contributed by atoms with Gasteiger partial charge in [0.1, 0.15) is 0 Å². The molecule has 1 aliphatic heterocycles. The molecule has 1 aliphatic rings. The van der Waals surface area contributed by atoms with E-state index in [4.69, 9.17) is 0 Å². The maximum Gasteiger partial charge on any atom is 0.0356 e. The Balaban J connectivity index is 2.00. The van der Waals surface area contributed by atoms with Crippen LogP contribution in [0.3, 0.4) is 0 Å². The molecule has 2 rings (SSSR count). The molecule has 0 aromatic heterocycles. The van der Waals surface area contributed by atoms with Crippen molar-refractivity contribution in [3.05, 3.63) is 35.9 Å². The predicted molar refractivity (Wildman–Crippen MR) is 81.4 cm³/mol. The molecule has 1 heterocycles. The van der Waals surface area contributed by atoms with Gasteiger partial charge in [-0.25, -0.2) is 0 Å². The summed E-state index contributed by atoms with van der Waals surface area (Å²) in [6.45, 7) is 6.97. The smallest absolute Gasteiger partial charge is 0.0356 e. The molecule has 0 radical (unpaired) electrons. The van der Waals surface area contributed by atoms with Crippen LogP contribution >= 0.6 is 0 Å². The van der Waals surface area contributed by atoms with Crippen molar-refractivity contribution in [3.8, 4) is 0 Å². The number of hydrogen-bond donors (Lipinski definition) is 1. The average molecular weight is 261 g/mol. The van der Waals surface area contributed by atoms with Crippen molar-refractivity contribution in [2.45, 2.75) is 25.4 Å². The van der Waals surface area contributed by atoms with Gasteiger partial charge in [-0.3, -0.25) is 4.90 Å². The zero-order chi connectivity index (χ0) is 13.7. The van der Waals surface area contributed by atoms with Gasteiger partial charge in [-0.1, -0.05) is 30.3 Å². The zero-order valence-electron chi connectivity index (χ0n) is 12.5. The molecular weight excluding hydrogens is 234 g/mol. The molecule has 19 heavy (non-hydrogen) atoms. The van der Waals surface area contributed by atoms with E-state index in [1.54, 1.807) is 0 Å². The number of hydrogen-bond acceptors (Lipinski definition) is 3. The minimum atomic E-state index is 0.506. The lowest BCUT2D eigenvalue weighted by Gasteiger charge is -2.36. The molecule has 1 N–H and O–H groups in total. The first kappa shape index (κ1) is 14.5. The normalized spacial score (nSPS) is 20.4. The lowest BCUT2D eigenvalue weighted by atomic mass is 9.98. The quantitative estimate of drug-likeness (QED) is 0.874. The maximum atomic E-state index is 3.43. The summed E-state index contributed by atoms with van der Waals surface area (Å²) < 4.78 is 0. The van der Waals surface area contributed by atoms with Gasteiger partial charge in [0.15, 0.2) is 0 Å². The van der Waals surface area contributed by atoms with Gasteiger partial charge in [-0.15, -0.1) is 0 Å². The zero-order valence-corrected chi connectivity index (χ0v) is 12.5. The fourth-order valence-electron chi connectivity index (χ4n) is 2.92. The Morgan fingerprint density at radius 2 is 1.79 bits per heavy atom. The van der Waals surface area contributed by atoms with Crippen LogP contribution in [0.25, 0.3) is 0 Å². The second kappa shape index (κ2) is 7.04. The van der Waals surface area contributed by atoms with Gasteiger partial charge in [0.05, 0.1) is 0 Å². The average Bonchev–Trinajstić information content (AvgIpc) is 2.46. The summed E-state index contributed by atoms with van der Waals surface area (Å²) in [5.74, 6) is 0. The molecule has 1 aromatic carbocycles. The molecule has 0 saturated carbocycles. The largest absolute Gasteiger partial charge is 0.314 e. The molecule has 3 nitrogen and oxygen atoms in total. The second-order valence-electron chi connectivity index (χ2n) is 5.76. The highest BCUT2D eigenvalue weighted by molar-refractivity contribution is 5.19. The van der Waals surface area contributed by atoms with E-state index in [9.17, 15) is 0 Å². The Labute approximate surface area is 117 Å². The van der Waals surface area contributed by atoms with Crippen molar-refractivity contribution >= 4 is 0 Å². The number of benzene rings is 1. The first-order valence-electron chi connectivity index (χ1n) is 7.34. The number of piperazine rings is 1. The molecule has 106 valence electrons. The van der Waals surface area contributed by atoms with Gasteiger partial charge in [-0.2, -0.15) is 0 Å². The molecule has 3 heteroatoms. The minimum absolute atomic E-state index is 0.506. The third kappa shape index (κ3) is 4.03. The molecular formula is C16H27N3. The number of nitrogens with zero attached hydrogens (tertiary/aromatic N) is 2. The highest BCUT2D eigenvalue weighted by atomic mass is 15.2. The van der Waals surface area contributed by atoms with Crippen LogP contribution in [0, 0.1) is 0 Å². The Morgan fingerprint density at radius 3 is 2.37 bits per heavy atom. The molecule has 0 aliphatic carbocycles. The van der Waals surface area contributed by atoms with Crippen molar-refractivity contribution in [1.29, 1.82) is 0 Å². The van der Waals surface area contributed by atoms with Crippen LogP contribution in [0.5, 0.6) is 0 Å². The summed E-state index contributed by atoms with van der Waals surface area (Å²) in [5, 5.41) is 3.43. The maximum absolute atomic E-state index is 3.43. The van der Waals surface area contributed by atoms with Crippen molar-refractivity contribution in [1.82, 2.24) is 15.1 Å². The van der Waals surface area contributed by atoms with E-state index in [-0.39, 0.29) is 0 Å². The van der Waals surface area contributed by atoms with E-state index in [1.165, 1.54) is 25.1 Å². The summed E-state index contributed by atoms with van der Waals surface area (Å²) in [4.78, 5) is 4.95. The van der Waals surface area contributed by atoms with Crippen LogP contribution in [0.15, 0.2) is 30.3 Å². The fraction of sp³-hybridized carbons (Fsp3) is 0.625. The van der Waals surface area contributed by atoms with Gasteiger partial charge < -0.3 is 10.2 Å². The van der Waals surface area contributed by atoms with Crippen LogP contribution in [-0.2, 0) is 0 Å². The molecule has 2 atom stereocenters. The van der Waals surface area contributed by atoms with Crippen molar-refractivity contribution in [2.75, 3.05) is 40.3 Å². The van der Waals surface area contributed by atoms with Gasteiger partial charge >= 0.3 is 0 Å². The Bertz CT molecular complexity index is 358. The van der Waals surface area contributed by atoms with Gasteiger partial charge in [0.25, 0.3) is 0 Å². The minimum Gasteiger partial charge on any atom is -0.314 e. The van der Waals surface area contributed by atoms with E-state index in [0.29, 0.717) is 12.1 Å². The fourth-order valence-corrected chi connectivity index (χ4v) is 2.92. The van der Waals surface area contributed by atoms with E-state index < -0.39 is 0 Å². The summed E-state index contributed by atoms with van der Waals surface area (Å²) in [5.41, 5.74) is 1.43. The van der Waals surface area contributed by atoms with Gasteiger partial charge in [-0.05, 0) is 33.0 Å². The SMILES string of the molecule is CC(CC(c1ccccc1)N(C)C)N1CCNCC1.